The van der Waals surface area contributed by atoms with Crippen LogP contribution in [0.1, 0.15) is 5.56 Å². The number of benzene rings is 2. The summed E-state index contributed by atoms with van der Waals surface area (Å²) in [4.78, 5) is 0. The topological polar surface area (TPSA) is 52.2 Å². The van der Waals surface area contributed by atoms with E-state index in [1.165, 1.54) is 24.3 Å². The van der Waals surface area contributed by atoms with E-state index in [0.717, 1.165) is 12.1 Å². The van der Waals surface area contributed by atoms with Gasteiger partial charge in [-0.25, -0.2) is 4.39 Å². The molecular weight excluding hydrogens is 310 g/mol. The van der Waals surface area contributed by atoms with Crippen LogP contribution in [0.25, 0.3) is 11.1 Å². The summed E-state index contributed by atoms with van der Waals surface area (Å²) in [5.41, 5.74) is -0.314. The molecule has 0 aromatic heterocycles. The summed E-state index contributed by atoms with van der Waals surface area (Å²) < 4.78 is 73.8. The van der Waals surface area contributed by atoms with Gasteiger partial charge in [0.15, 0.2) is 0 Å². The molecule has 1 N–H and O–H groups in total. The lowest BCUT2D eigenvalue weighted by Crippen LogP contribution is -2.07. The number of alkyl halides is 3. The fourth-order valence-electron chi connectivity index (χ4n) is 1.75. The van der Waals surface area contributed by atoms with Gasteiger partial charge < -0.3 is 9.27 Å². The molecule has 2 aromatic carbocycles. The van der Waals surface area contributed by atoms with Gasteiger partial charge in [0.05, 0.1) is 5.56 Å². The van der Waals surface area contributed by atoms with Gasteiger partial charge in [-0.1, -0.05) is 18.2 Å². The lowest BCUT2D eigenvalue weighted by Gasteiger charge is -2.11. The van der Waals surface area contributed by atoms with Gasteiger partial charge in [0.1, 0.15) is 5.82 Å². The van der Waals surface area contributed by atoms with Gasteiger partial charge in [-0.05, 0) is 35.4 Å². The Bertz CT molecular complexity index is 671. The fourth-order valence-corrected chi connectivity index (χ4v) is 2.08. The monoisotopic (exact) mass is 318 g/mol. The average Bonchev–Trinajstić information content (AvgIpc) is 2.37. The van der Waals surface area contributed by atoms with Gasteiger partial charge in [0.2, 0.25) is 0 Å². The Morgan fingerprint density at radius 3 is 2.05 bits per heavy atom. The molecule has 0 heterocycles. The Morgan fingerprint density at radius 2 is 1.57 bits per heavy atom. The highest BCUT2D eigenvalue weighted by Crippen LogP contribution is 2.33. The first-order valence-corrected chi connectivity index (χ1v) is 6.68. The standard InChI is InChI=1S/C13H9F4NO2S/c14-12-7-9(3-6-11(12)13(15,16)17)8-1-4-10(5-2-8)18-21(19)20/h1-7,18H,(H,19,20)/p-1. The van der Waals surface area contributed by atoms with Crippen LogP contribution >= 0.6 is 0 Å². The van der Waals surface area contributed by atoms with E-state index in [1.807, 2.05) is 0 Å². The largest absolute Gasteiger partial charge is 0.755 e. The molecule has 0 spiro atoms. The zero-order chi connectivity index (χ0) is 15.6. The van der Waals surface area contributed by atoms with Crippen molar-refractivity contribution in [2.24, 2.45) is 0 Å². The third kappa shape index (κ3) is 3.79. The normalized spacial score (nSPS) is 13.0. The minimum Gasteiger partial charge on any atom is -0.755 e. The van der Waals surface area contributed by atoms with Gasteiger partial charge in [-0.2, -0.15) is 13.2 Å². The van der Waals surface area contributed by atoms with E-state index in [1.54, 1.807) is 0 Å². The van der Waals surface area contributed by atoms with Gasteiger partial charge in [-0.3, -0.25) is 4.21 Å². The summed E-state index contributed by atoms with van der Waals surface area (Å²) in [6.45, 7) is 0. The molecule has 0 bridgehead atoms. The summed E-state index contributed by atoms with van der Waals surface area (Å²) in [6, 6.07) is 8.39. The highest BCUT2D eigenvalue weighted by atomic mass is 32.2. The smallest absolute Gasteiger partial charge is 0.419 e. The molecule has 3 nitrogen and oxygen atoms in total. The van der Waals surface area contributed by atoms with E-state index in [0.29, 0.717) is 17.3 Å². The molecule has 1 atom stereocenters. The fraction of sp³-hybridized carbons (Fsp3) is 0.0769. The molecule has 0 saturated carbocycles. The molecule has 0 aliphatic heterocycles. The summed E-state index contributed by atoms with van der Waals surface area (Å²) in [5.74, 6) is -1.36. The molecule has 1 unspecified atom stereocenters. The molecule has 2 rings (SSSR count). The number of rotatable bonds is 3. The third-order valence-electron chi connectivity index (χ3n) is 2.69. The zero-order valence-electron chi connectivity index (χ0n) is 10.3. The van der Waals surface area contributed by atoms with E-state index in [-0.39, 0.29) is 5.56 Å². The van der Waals surface area contributed by atoms with Crippen molar-refractivity contribution in [3.8, 4) is 11.1 Å². The van der Waals surface area contributed by atoms with Crippen LogP contribution < -0.4 is 4.72 Å². The van der Waals surface area contributed by atoms with Crippen LogP contribution in [0.4, 0.5) is 23.2 Å². The number of hydrogen-bond acceptors (Lipinski definition) is 2. The van der Waals surface area contributed by atoms with Gasteiger partial charge >= 0.3 is 6.18 Å². The highest BCUT2D eigenvalue weighted by Gasteiger charge is 2.33. The van der Waals surface area contributed by atoms with Crippen LogP contribution in [0.3, 0.4) is 0 Å². The van der Waals surface area contributed by atoms with Crippen molar-refractivity contribution in [2.45, 2.75) is 6.18 Å². The molecule has 0 saturated heterocycles. The molecule has 0 radical (unpaired) electrons. The molecule has 0 fully saturated rings. The van der Waals surface area contributed by atoms with E-state index in [2.05, 4.69) is 4.72 Å². The van der Waals surface area contributed by atoms with Crippen molar-refractivity contribution in [3.05, 3.63) is 53.8 Å². The van der Waals surface area contributed by atoms with Crippen molar-refractivity contribution < 1.29 is 26.3 Å². The van der Waals surface area contributed by atoms with Crippen molar-refractivity contribution >= 4 is 17.0 Å². The Morgan fingerprint density at radius 1 is 1.00 bits per heavy atom. The summed E-state index contributed by atoms with van der Waals surface area (Å²) in [7, 11) is 0. The third-order valence-corrected chi connectivity index (χ3v) is 3.10. The molecule has 0 amide bonds. The van der Waals surface area contributed by atoms with Crippen LogP contribution in [0.5, 0.6) is 0 Å². The van der Waals surface area contributed by atoms with Crippen LogP contribution in [-0.2, 0) is 17.4 Å². The summed E-state index contributed by atoms with van der Waals surface area (Å²) in [5, 5.41) is 0. The summed E-state index contributed by atoms with van der Waals surface area (Å²) in [6.07, 6.45) is -4.74. The zero-order valence-corrected chi connectivity index (χ0v) is 11.1. The number of nitrogens with one attached hydrogen (secondary N) is 1. The second-order valence-corrected chi connectivity index (χ2v) is 4.78. The molecule has 0 aliphatic carbocycles. The van der Waals surface area contributed by atoms with Crippen molar-refractivity contribution in [3.63, 3.8) is 0 Å². The molecule has 8 heteroatoms. The molecular formula is C13H8F4NO2S-. The Kier molecular flexibility index (Phi) is 4.29. The molecule has 112 valence electrons. The maximum absolute atomic E-state index is 13.5. The van der Waals surface area contributed by atoms with Crippen LogP contribution in [0.15, 0.2) is 42.5 Å². The molecule has 2 aromatic rings. The lowest BCUT2D eigenvalue weighted by atomic mass is 10.0. The predicted octanol–water partition coefficient (Wildman–Crippen LogP) is 3.72. The van der Waals surface area contributed by atoms with Crippen LogP contribution in [-0.4, -0.2) is 8.76 Å². The highest BCUT2D eigenvalue weighted by molar-refractivity contribution is 7.80. The van der Waals surface area contributed by atoms with Crippen LogP contribution in [0.2, 0.25) is 0 Å². The van der Waals surface area contributed by atoms with E-state index in [9.17, 15) is 26.3 Å². The first kappa shape index (κ1) is 15.5. The molecule has 21 heavy (non-hydrogen) atoms. The van der Waals surface area contributed by atoms with E-state index in [4.69, 9.17) is 0 Å². The number of halogens is 4. The van der Waals surface area contributed by atoms with Gasteiger partial charge in [0, 0.05) is 17.0 Å². The summed E-state index contributed by atoms with van der Waals surface area (Å²) >= 11 is -2.47. The van der Waals surface area contributed by atoms with Crippen molar-refractivity contribution in [1.82, 2.24) is 0 Å². The van der Waals surface area contributed by atoms with Gasteiger partial charge in [-0.15, -0.1) is 0 Å². The first-order valence-electron chi connectivity index (χ1n) is 5.60. The quantitative estimate of drug-likeness (QED) is 0.693. The van der Waals surface area contributed by atoms with E-state index < -0.39 is 28.8 Å². The second-order valence-electron chi connectivity index (χ2n) is 4.11. The average molecular weight is 318 g/mol. The van der Waals surface area contributed by atoms with Crippen molar-refractivity contribution in [1.29, 1.82) is 0 Å². The van der Waals surface area contributed by atoms with Gasteiger partial charge in [0.25, 0.3) is 0 Å². The minimum absolute atomic E-state index is 0.260. The lowest BCUT2D eigenvalue weighted by molar-refractivity contribution is -0.139. The molecule has 0 aliphatic rings. The maximum Gasteiger partial charge on any atom is 0.419 e. The predicted molar refractivity (Wildman–Crippen MR) is 69.4 cm³/mol. The SMILES string of the molecule is O=S([O-])Nc1ccc(-c2ccc(C(F)(F)F)c(F)c2)cc1. The first-order chi connectivity index (χ1) is 9.77. The van der Waals surface area contributed by atoms with E-state index >= 15 is 0 Å². The Hall–Kier alpha value is -1.93. The number of hydrogen-bond donors (Lipinski definition) is 1. The minimum atomic E-state index is -4.74. The van der Waals surface area contributed by atoms with Crippen molar-refractivity contribution in [2.75, 3.05) is 4.72 Å². The Labute approximate surface area is 120 Å². The number of anilines is 1. The van der Waals surface area contributed by atoms with Crippen LogP contribution in [0, 0.1) is 5.82 Å². The maximum atomic E-state index is 13.5. The Balaban J connectivity index is 2.30. The second kappa shape index (κ2) is 5.82.